The third-order valence-corrected chi connectivity index (χ3v) is 7.11. The summed E-state index contributed by atoms with van der Waals surface area (Å²) >= 11 is 0. The molecular weight excluding hydrogens is 541 g/mol. The van der Waals surface area contributed by atoms with Crippen LogP contribution in [0, 0.1) is 17.5 Å². The predicted molar refractivity (Wildman–Crippen MR) is 146 cm³/mol. The Kier molecular flexibility index (Phi) is 9.73. The largest absolute Gasteiger partial charge is 0.445 e. The van der Waals surface area contributed by atoms with E-state index in [1.807, 2.05) is 4.90 Å². The van der Waals surface area contributed by atoms with Crippen LogP contribution in [0.2, 0.25) is 0 Å². The molecule has 218 valence electrons. The number of nitrogens with zero attached hydrogens (tertiary/aromatic N) is 3. The molecule has 0 unspecified atom stereocenters. The summed E-state index contributed by atoms with van der Waals surface area (Å²) in [6, 6.07) is 8.73. The second kappa shape index (κ2) is 13.4. The fourth-order valence-electron chi connectivity index (χ4n) is 4.83. The molecule has 1 aliphatic rings. The summed E-state index contributed by atoms with van der Waals surface area (Å²) < 4.78 is 47.0. The number of carbonyl (C=O) groups is 3. The number of aldehydes is 1. The molecule has 0 bridgehead atoms. The van der Waals surface area contributed by atoms with Crippen molar-refractivity contribution in [3.05, 3.63) is 71.7 Å². The third-order valence-electron chi connectivity index (χ3n) is 7.11. The van der Waals surface area contributed by atoms with E-state index in [4.69, 9.17) is 4.74 Å². The number of fused-ring (bicyclic) bond motifs is 1. The highest BCUT2D eigenvalue weighted by Gasteiger charge is 2.44. The molecule has 3 N–H and O–H groups in total. The van der Waals surface area contributed by atoms with Gasteiger partial charge in [-0.05, 0) is 42.1 Å². The number of carbonyl (C=O) groups excluding carboxylic acids is 3. The van der Waals surface area contributed by atoms with Crippen LogP contribution in [-0.4, -0.2) is 78.7 Å². The summed E-state index contributed by atoms with van der Waals surface area (Å²) in [5.41, 5.74) is -1.28. The molecule has 3 amide bonds. The second-order valence-corrected chi connectivity index (χ2v) is 9.62. The Balaban J connectivity index is 1.52. The zero-order valence-corrected chi connectivity index (χ0v) is 22.5. The number of likely N-dealkylation sites (N-methyl/N-ethyl adjacent to an activating group) is 1. The SMILES string of the molecule is CN(C(=O)NCc1cccc(F)c1F)[C@@](CCC=O)(COC(=O)Nc1cc2cc(F)ccc2cn1)N1CCNCC1. The number of halogens is 3. The van der Waals surface area contributed by atoms with Gasteiger partial charge in [0, 0.05) is 63.3 Å². The zero-order valence-electron chi connectivity index (χ0n) is 22.5. The molecule has 13 heteroatoms. The lowest BCUT2D eigenvalue weighted by atomic mass is 9.99. The van der Waals surface area contributed by atoms with Gasteiger partial charge in [-0.3, -0.25) is 10.2 Å². The van der Waals surface area contributed by atoms with Gasteiger partial charge in [0.1, 0.15) is 30.2 Å². The quantitative estimate of drug-likeness (QED) is 0.318. The molecule has 41 heavy (non-hydrogen) atoms. The molecule has 1 aliphatic heterocycles. The molecule has 1 aromatic heterocycles. The van der Waals surface area contributed by atoms with Crippen molar-refractivity contribution in [3.63, 3.8) is 0 Å². The molecule has 2 heterocycles. The van der Waals surface area contributed by atoms with Crippen molar-refractivity contribution in [2.75, 3.05) is 45.2 Å². The smallest absolute Gasteiger partial charge is 0.412 e. The van der Waals surface area contributed by atoms with Crippen LogP contribution in [0.3, 0.4) is 0 Å². The number of rotatable bonds is 10. The van der Waals surface area contributed by atoms with E-state index >= 15 is 0 Å². The van der Waals surface area contributed by atoms with Crippen LogP contribution in [0.25, 0.3) is 10.8 Å². The maximum Gasteiger partial charge on any atom is 0.412 e. The molecule has 1 saturated heterocycles. The van der Waals surface area contributed by atoms with Crippen LogP contribution in [-0.2, 0) is 16.1 Å². The summed E-state index contributed by atoms with van der Waals surface area (Å²) in [4.78, 5) is 45.0. The summed E-state index contributed by atoms with van der Waals surface area (Å²) in [5, 5.41) is 9.55. The molecule has 3 aromatic rings. The van der Waals surface area contributed by atoms with E-state index in [0.29, 0.717) is 43.2 Å². The van der Waals surface area contributed by atoms with Crippen LogP contribution in [0.15, 0.2) is 48.7 Å². The van der Waals surface area contributed by atoms with Crippen molar-refractivity contribution in [1.29, 1.82) is 0 Å². The molecule has 1 fully saturated rings. The van der Waals surface area contributed by atoms with Crippen LogP contribution in [0.4, 0.5) is 28.6 Å². The number of amides is 3. The molecule has 0 spiro atoms. The summed E-state index contributed by atoms with van der Waals surface area (Å²) in [6.45, 7) is 1.56. The number of hydrogen-bond donors (Lipinski definition) is 3. The van der Waals surface area contributed by atoms with Crippen LogP contribution < -0.4 is 16.0 Å². The molecule has 10 nitrogen and oxygen atoms in total. The van der Waals surface area contributed by atoms with Gasteiger partial charge in [0.25, 0.3) is 0 Å². The number of piperazine rings is 1. The van der Waals surface area contributed by atoms with Crippen LogP contribution in [0.1, 0.15) is 18.4 Å². The topological polar surface area (TPSA) is 116 Å². The molecule has 1 atom stereocenters. The van der Waals surface area contributed by atoms with Gasteiger partial charge >= 0.3 is 12.1 Å². The Hall–Kier alpha value is -4.23. The Bertz CT molecular complexity index is 1400. The number of ether oxygens (including phenoxy) is 1. The van der Waals surface area contributed by atoms with Crippen molar-refractivity contribution in [3.8, 4) is 0 Å². The number of hydrogen-bond acceptors (Lipinski definition) is 7. The number of pyridine rings is 1. The standard InChI is InChI=1S/C28H31F3N6O4/c1-36(26(39)34-17-20-4-2-5-23(30)25(20)31)28(8-3-13-38,37-11-9-32-10-12-37)18-41-27(40)35-24-15-21-14-22(29)7-6-19(21)16-33-24/h2,4-7,13-16,32H,3,8-12,17-18H2,1H3,(H,34,39)(H,33,35,40)/t28-/m1/s1. The average molecular weight is 573 g/mol. The first kappa shape index (κ1) is 29.7. The van der Waals surface area contributed by atoms with Gasteiger partial charge in [0.05, 0.1) is 0 Å². The Morgan fingerprint density at radius 2 is 1.93 bits per heavy atom. The molecule has 4 rings (SSSR count). The molecule has 0 aliphatic carbocycles. The lowest BCUT2D eigenvalue weighted by Gasteiger charge is -2.50. The fourth-order valence-corrected chi connectivity index (χ4v) is 4.83. The highest BCUT2D eigenvalue weighted by Crippen LogP contribution is 2.27. The minimum absolute atomic E-state index is 0.0363. The van der Waals surface area contributed by atoms with Gasteiger partial charge in [-0.15, -0.1) is 0 Å². The van der Waals surface area contributed by atoms with Gasteiger partial charge in [-0.2, -0.15) is 0 Å². The first-order valence-corrected chi connectivity index (χ1v) is 13.1. The normalized spacial score (nSPS) is 15.1. The van der Waals surface area contributed by atoms with E-state index in [1.54, 1.807) is 6.07 Å². The maximum absolute atomic E-state index is 14.2. The Labute approximate surface area is 234 Å². The van der Waals surface area contributed by atoms with Crippen LogP contribution >= 0.6 is 0 Å². The van der Waals surface area contributed by atoms with E-state index < -0.39 is 35.2 Å². The third kappa shape index (κ3) is 7.11. The van der Waals surface area contributed by atoms with Gasteiger partial charge in [0.2, 0.25) is 0 Å². The van der Waals surface area contributed by atoms with Gasteiger partial charge in [0.15, 0.2) is 11.6 Å². The van der Waals surface area contributed by atoms with Crippen LogP contribution in [0.5, 0.6) is 0 Å². The molecule has 0 saturated carbocycles. The molecule has 2 aromatic carbocycles. The second-order valence-electron chi connectivity index (χ2n) is 9.62. The number of nitrogens with one attached hydrogen (secondary N) is 3. The minimum atomic E-state index is -1.25. The monoisotopic (exact) mass is 572 g/mol. The molecule has 0 radical (unpaired) electrons. The lowest BCUT2D eigenvalue weighted by Crippen LogP contribution is -2.68. The number of urea groups is 1. The predicted octanol–water partition coefficient (Wildman–Crippen LogP) is 3.62. The van der Waals surface area contributed by atoms with Gasteiger partial charge < -0.3 is 25.1 Å². The van der Waals surface area contributed by atoms with Gasteiger partial charge in [-0.25, -0.2) is 27.7 Å². The number of aromatic nitrogens is 1. The Morgan fingerprint density at radius 1 is 1.15 bits per heavy atom. The van der Waals surface area contributed by atoms with E-state index in [1.165, 1.54) is 48.5 Å². The van der Waals surface area contributed by atoms with Crippen molar-refractivity contribution in [2.24, 2.45) is 0 Å². The summed E-state index contributed by atoms with van der Waals surface area (Å²) in [7, 11) is 1.49. The highest BCUT2D eigenvalue weighted by molar-refractivity contribution is 5.89. The minimum Gasteiger partial charge on any atom is -0.445 e. The summed E-state index contributed by atoms with van der Waals surface area (Å²) in [5.74, 6) is -2.39. The van der Waals surface area contributed by atoms with Crippen molar-refractivity contribution in [2.45, 2.75) is 25.0 Å². The zero-order chi connectivity index (χ0) is 29.4. The number of anilines is 1. The lowest BCUT2D eigenvalue weighted by molar-refractivity contribution is -0.111. The van der Waals surface area contributed by atoms with Crippen molar-refractivity contribution in [1.82, 2.24) is 25.4 Å². The van der Waals surface area contributed by atoms with Gasteiger partial charge in [-0.1, -0.05) is 12.1 Å². The molecular formula is C28H31F3N6O4. The van der Waals surface area contributed by atoms with E-state index in [0.717, 1.165) is 6.07 Å². The Morgan fingerprint density at radius 3 is 2.68 bits per heavy atom. The first-order chi connectivity index (χ1) is 19.7. The van der Waals surface area contributed by atoms with E-state index in [2.05, 4.69) is 20.9 Å². The summed E-state index contributed by atoms with van der Waals surface area (Å²) in [6.07, 6.45) is 1.52. The number of benzene rings is 2. The highest BCUT2D eigenvalue weighted by atomic mass is 19.2. The van der Waals surface area contributed by atoms with Crippen molar-refractivity contribution >= 4 is 35.0 Å². The average Bonchev–Trinajstić information content (AvgIpc) is 2.98. The van der Waals surface area contributed by atoms with E-state index in [-0.39, 0.29) is 37.4 Å². The first-order valence-electron chi connectivity index (χ1n) is 13.1. The van der Waals surface area contributed by atoms with E-state index in [9.17, 15) is 27.6 Å². The van der Waals surface area contributed by atoms with Crippen molar-refractivity contribution < 1.29 is 32.3 Å². The fraction of sp³-hybridized carbons (Fsp3) is 0.357. The maximum atomic E-state index is 14.2.